The second-order valence-corrected chi connectivity index (χ2v) is 3.48. The van der Waals surface area contributed by atoms with Gasteiger partial charge in [-0.1, -0.05) is 30.3 Å². The van der Waals surface area contributed by atoms with E-state index in [1.807, 2.05) is 30.3 Å². The molecule has 1 atom stereocenters. The Labute approximate surface area is 99.3 Å². The summed E-state index contributed by atoms with van der Waals surface area (Å²) < 4.78 is 5.38. The molecule has 4 nitrogen and oxygen atoms in total. The number of hydrogen-bond donors (Lipinski definition) is 0. The van der Waals surface area contributed by atoms with Crippen LogP contribution < -0.4 is 0 Å². The molecule has 0 amide bonds. The first-order valence-corrected chi connectivity index (χ1v) is 5.21. The maximum Gasteiger partial charge on any atom is 0.168 e. The van der Waals surface area contributed by atoms with Crippen LogP contribution in [0, 0.1) is 0 Å². The van der Waals surface area contributed by atoms with E-state index in [0.717, 1.165) is 5.56 Å². The first-order chi connectivity index (χ1) is 8.35. The summed E-state index contributed by atoms with van der Waals surface area (Å²) in [5, 5.41) is 0. The molecule has 2 rings (SSSR count). The molecule has 0 aliphatic carbocycles. The zero-order chi connectivity index (χ0) is 12.1. The average molecular weight is 228 g/mol. The third-order valence-corrected chi connectivity index (χ3v) is 2.39. The smallest absolute Gasteiger partial charge is 0.168 e. The van der Waals surface area contributed by atoms with Crippen LogP contribution in [0.2, 0.25) is 0 Å². The monoisotopic (exact) mass is 228 g/mol. The quantitative estimate of drug-likeness (QED) is 0.751. The van der Waals surface area contributed by atoms with Crippen molar-refractivity contribution in [3.05, 3.63) is 59.7 Å². The summed E-state index contributed by atoms with van der Waals surface area (Å²) >= 11 is 0. The summed E-state index contributed by atoms with van der Waals surface area (Å²) in [5.74, 6) is 0.489. The standard InChI is InChI=1S/C13H12N2O2/c1-17-12(10-5-3-2-4-6-10)13-14-8-7-11(9-16)15-13/h2-9,12H,1H3. The van der Waals surface area contributed by atoms with E-state index >= 15 is 0 Å². The summed E-state index contributed by atoms with van der Waals surface area (Å²) in [6.07, 6.45) is 1.90. The van der Waals surface area contributed by atoms with Crippen molar-refractivity contribution in [2.45, 2.75) is 6.10 Å². The molecule has 0 spiro atoms. The molecule has 0 aliphatic rings. The van der Waals surface area contributed by atoms with Gasteiger partial charge in [0.1, 0.15) is 11.8 Å². The van der Waals surface area contributed by atoms with Crippen LogP contribution in [-0.4, -0.2) is 23.4 Å². The van der Waals surface area contributed by atoms with Gasteiger partial charge in [-0.25, -0.2) is 9.97 Å². The third kappa shape index (κ3) is 2.54. The Hall–Kier alpha value is -2.07. The van der Waals surface area contributed by atoms with E-state index in [0.29, 0.717) is 17.8 Å². The van der Waals surface area contributed by atoms with Crippen LogP contribution in [0.4, 0.5) is 0 Å². The van der Waals surface area contributed by atoms with Crippen LogP contribution in [-0.2, 0) is 4.74 Å². The summed E-state index contributed by atoms with van der Waals surface area (Å²) in [4.78, 5) is 18.9. The maximum atomic E-state index is 10.7. The molecular weight excluding hydrogens is 216 g/mol. The van der Waals surface area contributed by atoms with Gasteiger partial charge in [0.15, 0.2) is 12.1 Å². The molecule has 0 radical (unpaired) electrons. The average Bonchev–Trinajstić information content (AvgIpc) is 2.41. The van der Waals surface area contributed by atoms with E-state index in [1.165, 1.54) is 0 Å². The lowest BCUT2D eigenvalue weighted by Crippen LogP contribution is -2.09. The van der Waals surface area contributed by atoms with Crippen molar-refractivity contribution in [2.24, 2.45) is 0 Å². The molecule has 2 aromatic rings. The van der Waals surface area contributed by atoms with Gasteiger partial charge in [0.25, 0.3) is 0 Å². The molecule has 0 fully saturated rings. The fraction of sp³-hybridized carbons (Fsp3) is 0.154. The maximum absolute atomic E-state index is 10.7. The second kappa shape index (κ2) is 5.32. The molecule has 86 valence electrons. The van der Waals surface area contributed by atoms with Crippen LogP contribution in [0.3, 0.4) is 0 Å². The summed E-state index contributed by atoms with van der Waals surface area (Å²) in [5.41, 5.74) is 1.31. The van der Waals surface area contributed by atoms with E-state index in [9.17, 15) is 4.79 Å². The van der Waals surface area contributed by atoms with Gasteiger partial charge in [-0.2, -0.15) is 0 Å². The van der Waals surface area contributed by atoms with Gasteiger partial charge in [0, 0.05) is 13.3 Å². The molecule has 0 saturated heterocycles. The lowest BCUT2D eigenvalue weighted by Gasteiger charge is -2.14. The van der Waals surface area contributed by atoms with Crippen molar-refractivity contribution in [2.75, 3.05) is 7.11 Å². The largest absolute Gasteiger partial charge is 0.369 e. The number of ether oxygens (including phenoxy) is 1. The molecule has 0 aliphatic heterocycles. The van der Waals surface area contributed by atoms with E-state index in [-0.39, 0.29) is 6.10 Å². The molecule has 0 bridgehead atoms. The Morgan fingerprint density at radius 2 is 2.00 bits per heavy atom. The van der Waals surface area contributed by atoms with E-state index in [4.69, 9.17) is 4.74 Å². The fourth-order valence-corrected chi connectivity index (χ4v) is 1.60. The number of methoxy groups -OCH3 is 1. The number of benzene rings is 1. The first-order valence-electron chi connectivity index (χ1n) is 5.21. The molecule has 17 heavy (non-hydrogen) atoms. The van der Waals surface area contributed by atoms with Gasteiger partial charge < -0.3 is 4.74 Å². The third-order valence-electron chi connectivity index (χ3n) is 2.39. The number of aromatic nitrogens is 2. The van der Waals surface area contributed by atoms with Crippen LogP contribution >= 0.6 is 0 Å². The van der Waals surface area contributed by atoms with Crippen molar-refractivity contribution in [3.63, 3.8) is 0 Å². The van der Waals surface area contributed by atoms with Crippen molar-refractivity contribution in [1.29, 1.82) is 0 Å². The van der Waals surface area contributed by atoms with Crippen molar-refractivity contribution in [1.82, 2.24) is 9.97 Å². The van der Waals surface area contributed by atoms with E-state index in [2.05, 4.69) is 9.97 Å². The highest BCUT2D eigenvalue weighted by atomic mass is 16.5. The zero-order valence-corrected chi connectivity index (χ0v) is 9.41. The molecule has 1 aromatic heterocycles. The van der Waals surface area contributed by atoms with Crippen LogP contribution in [0.15, 0.2) is 42.6 Å². The molecule has 0 saturated carbocycles. The van der Waals surface area contributed by atoms with Gasteiger partial charge in [-0.3, -0.25) is 4.79 Å². The number of aldehydes is 1. The Bertz CT molecular complexity index is 500. The summed E-state index contributed by atoms with van der Waals surface area (Å²) in [7, 11) is 1.59. The molecule has 1 heterocycles. The number of hydrogen-bond acceptors (Lipinski definition) is 4. The minimum Gasteiger partial charge on any atom is -0.369 e. The predicted molar refractivity (Wildman–Crippen MR) is 62.7 cm³/mol. The highest BCUT2D eigenvalue weighted by molar-refractivity contribution is 5.71. The number of rotatable bonds is 4. The molecule has 4 heteroatoms. The van der Waals surface area contributed by atoms with Crippen LogP contribution in [0.25, 0.3) is 0 Å². The number of carbonyl (C=O) groups is 1. The van der Waals surface area contributed by atoms with E-state index in [1.54, 1.807) is 19.4 Å². The minimum absolute atomic E-state index is 0.351. The van der Waals surface area contributed by atoms with Gasteiger partial charge in [0.2, 0.25) is 0 Å². The van der Waals surface area contributed by atoms with Gasteiger partial charge >= 0.3 is 0 Å². The zero-order valence-electron chi connectivity index (χ0n) is 9.41. The van der Waals surface area contributed by atoms with Crippen molar-refractivity contribution >= 4 is 6.29 Å². The second-order valence-electron chi connectivity index (χ2n) is 3.48. The van der Waals surface area contributed by atoms with Crippen LogP contribution in [0.5, 0.6) is 0 Å². The van der Waals surface area contributed by atoms with Gasteiger partial charge in [-0.05, 0) is 11.6 Å². The Kier molecular flexibility index (Phi) is 3.57. The van der Waals surface area contributed by atoms with Crippen LogP contribution in [0.1, 0.15) is 28.0 Å². The molecule has 1 aromatic carbocycles. The normalized spacial score (nSPS) is 12.1. The SMILES string of the molecule is COC(c1ccccc1)c1nccc(C=O)n1. The van der Waals surface area contributed by atoms with Crippen molar-refractivity contribution < 1.29 is 9.53 Å². The van der Waals surface area contributed by atoms with Gasteiger partial charge in [0.05, 0.1) is 0 Å². The van der Waals surface area contributed by atoms with E-state index < -0.39 is 0 Å². The topological polar surface area (TPSA) is 52.1 Å². The first kappa shape index (κ1) is 11.4. The molecule has 0 N–H and O–H groups in total. The lowest BCUT2D eigenvalue weighted by molar-refractivity contribution is 0.111. The summed E-state index contributed by atoms with van der Waals surface area (Å²) in [6, 6.07) is 11.2. The highest BCUT2D eigenvalue weighted by Crippen LogP contribution is 2.21. The number of nitrogens with zero attached hydrogens (tertiary/aromatic N) is 2. The highest BCUT2D eigenvalue weighted by Gasteiger charge is 2.16. The molecule has 1 unspecified atom stereocenters. The lowest BCUT2D eigenvalue weighted by atomic mass is 10.1. The Balaban J connectivity index is 2.38. The minimum atomic E-state index is -0.351. The predicted octanol–water partition coefficient (Wildman–Crippen LogP) is 2.02. The molecular formula is C13H12N2O2. The van der Waals surface area contributed by atoms with Gasteiger partial charge in [-0.15, -0.1) is 0 Å². The summed E-state index contributed by atoms with van der Waals surface area (Å²) in [6.45, 7) is 0. The number of carbonyl (C=O) groups excluding carboxylic acids is 1. The fourth-order valence-electron chi connectivity index (χ4n) is 1.60. The Morgan fingerprint density at radius 3 is 2.65 bits per heavy atom. The van der Waals surface area contributed by atoms with Crippen molar-refractivity contribution in [3.8, 4) is 0 Å². The Morgan fingerprint density at radius 1 is 1.24 bits per heavy atom.